The standard InChI is InChI=1S/C21H21N5O2/c27-20(22-13-16-14-26-10-4-3-7-19(26)23-16)15-8-11-25(12-9-15)21-24-17-5-1-2-6-18(17)28-21/h1-7,10,14-15H,8-9,11-13H2,(H,22,27). The SMILES string of the molecule is O=C(NCc1cn2ccccc2n1)C1CCN(c2nc3ccccc3o2)CC1. The Hall–Kier alpha value is -3.35. The first kappa shape index (κ1) is 16.8. The monoisotopic (exact) mass is 375 g/mol. The zero-order valence-corrected chi connectivity index (χ0v) is 15.4. The molecule has 1 amide bonds. The molecule has 3 aromatic heterocycles. The fraction of sp³-hybridized carbons (Fsp3) is 0.286. The van der Waals surface area contributed by atoms with E-state index in [0.29, 0.717) is 12.6 Å². The molecule has 7 nitrogen and oxygen atoms in total. The third kappa shape index (κ3) is 3.19. The van der Waals surface area contributed by atoms with Crippen LogP contribution in [0.2, 0.25) is 0 Å². The molecule has 1 fully saturated rings. The van der Waals surface area contributed by atoms with E-state index in [1.165, 1.54) is 0 Å². The lowest BCUT2D eigenvalue weighted by Crippen LogP contribution is -2.40. The van der Waals surface area contributed by atoms with Crippen LogP contribution in [-0.4, -0.2) is 33.4 Å². The van der Waals surface area contributed by atoms with Crippen LogP contribution in [0.3, 0.4) is 0 Å². The lowest BCUT2D eigenvalue weighted by Gasteiger charge is -2.30. The van der Waals surface area contributed by atoms with E-state index in [2.05, 4.69) is 20.2 Å². The van der Waals surface area contributed by atoms with E-state index in [0.717, 1.165) is 48.4 Å². The fourth-order valence-corrected chi connectivity index (χ4v) is 3.72. The molecule has 0 bridgehead atoms. The average Bonchev–Trinajstić information content (AvgIpc) is 3.35. The van der Waals surface area contributed by atoms with Gasteiger partial charge in [-0.05, 0) is 37.1 Å². The number of carbonyl (C=O) groups is 1. The summed E-state index contributed by atoms with van der Waals surface area (Å²) in [5.74, 6) is 0.104. The molecule has 0 aliphatic carbocycles. The Morgan fingerprint density at radius 3 is 2.75 bits per heavy atom. The van der Waals surface area contributed by atoms with Crippen LogP contribution in [0.15, 0.2) is 59.3 Å². The predicted molar refractivity (Wildman–Crippen MR) is 106 cm³/mol. The van der Waals surface area contributed by atoms with Crippen molar-refractivity contribution >= 4 is 28.7 Å². The summed E-state index contributed by atoms with van der Waals surface area (Å²) in [5.41, 5.74) is 3.41. The van der Waals surface area contributed by atoms with Gasteiger partial charge in [0.2, 0.25) is 5.91 Å². The van der Waals surface area contributed by atoms with Gasteiger partial charge < -0.3 is 19.0 Å². The van der Waals surface area contributed by atoms with Crippen molar-refractivity contribution in [2.45, 2.75) is 19.4 Å². The van der Waals surface area contributed by atoms with Gasteiger partial charge >= 0.3 is 0 Å². The van der Waals surface area contributed by atoms with Crippen molar-refractivity contribution in [3.63, 3.8) is 0 Å². The highest BCUT2D eigenvalue weighted by Gasteiger charge is 2.27. The minimum absolute atomic E-state index is 0.0117. The van der Waals surface area contributed by atoms with Gasteiger partial charge in [0.25, 0.3) is 6.01 Å². The van der Waals surface area contributed by atoms with Gasteiger partial charge in [-0.2, -0.15) is 4.98 Å². The highest BCUT2D eigenvalue weighted by molar-refractivity contribution is 5.79. The number of carbonyl (C=O) groups excluding carboxylic acids is 1. The number of anilines is 1. The Morgan fingerprint density at radius 2 is 1.93 bits per heavy atom. The van der Waals surface area contributed by atoms with E-state index >= 15 is 0 Å². The fourth-order valence-electron chi connectivity index (χ4n) is 3.72. The number of nitrogens with zero attached hydrogens (tertiary/aromatic N) is 4. The highest BCUT2D eigenvalue weighted by atomic mass is 16.4. The smallest absolute Gasteiger partial charge is 0.298 e. The summed E-state index contributed by atoms with van der Waals surface area (Å²) >= 11 is 0. The summed E-state index contributed by atoms with van der Waals surface area (Å²) in [5, 5.41) is 3.03. The Morgan fingerprint density at radius 1 is 1.11 bits per heavy atom. The number of piperidine rings is 1. The van der Waals surface area contributed by atoms with Gasteiger partial charge in [-0.1, -0.05) is 18.2 Å². The number of hydrogen-bond acceptors (Lipinski definition) is 5. The molecule has 4 aromatic rings. The van der Waals surface area contributed by atoms with Crippen LogP contribution < -0.4 is 10.2 Å². The molecule has 0 unspecified atom stereocenters. The van der Waals surface area contributed by atoms with E-state index in [4.69, 9.17) is 4.42 Å². The first-order valence-electron chi connectivity index (χ1n) is 9.57. The molecule has 1 N–H and O–H groups in total. The number of para-hydroxylation sites is 2. The second-order valence-corrected chi connectivity index (χ2v) is 7.14. The van der Waals surface area contributed by atoms with E-state index < -0.39 is 0 Å². The number of pyridine rings is 1. The molecule has 1 saturated heterocycles. The normalized spacial score (nSPS) is 15.4. The first-order valence-corrected chi connectivity index (χ1v) is 9.57. The summed E-state index contributed by atoms with van der Waals surface area (Å²) in [7, 11) is 0. The Bertz CT molecular complexity index is 1060. The number of aromatic nitrogens is 3. The maximum absolute atomic E-state index is 12.6. The third-order valence-corrected chi connectivity index (χ3v) is 5.28. The summed E-state index contributed by atoms with van der Waals surface area (Å²) in [6.45, 7) is 1.98. The minimum atomic E-state index is 0.0117. The molecule has 28 heavy (non-hydrogen) atoms. The maximum atomic E-state index is 12.6. The zero-order chi connectivity index (χ0) is 18.9. The van der Waals surface area contributed by atoms with E-state index in [1.807, 2.05) is 59.3 Å². The van der Waals surface area contributed by atoms with E-state index in [1.54, 1.807) is 0 Å². The van der Waals surface area contributed by atoms with Crippen LogP contribution in [-0.2, 0) is 11.3 Å². The van der Waals surface area contributed by atoms with Gasteiger partial charge in [-0.3, -0.25) is 4.79 Å². The summed E-state index contributed by atoms with van der Waals surface area (Å²) in [6.07, 6.45) is 5.48. The number of nitrogens with one attached hydrogen (secondary N) is 1. The van der Waals surface area contributed by atoms with Crippen molar-refractivity contribution in [2.75, 3.05) is 18.0 Å². The number of benzene rings is 1. The first-order chi connectivity index (χ1) is 13.8. The van der Waals surface area contributed by atoms with E-state index in [9.17, 15) is 4.79 Å². The Balaban J connectivity index is 1.17. The van der Waals surface area contributed by atoms with Crippen molar-refractivity contribution < 1.29 is 9.21 Å². The number of fused-ring (bicyclic) bond motifs is 2. The molecule has 142 valence electrons. The average molecular weight is 375 g/mol. The second-order valence-electron chi connectivity index (χ2n) is 7.14. The van der Waals surface area contributed by atoms with E-state index in [-0.39, 0.29) is 11.8 Å². The van der Waals surface area contributed by atoms with Crippen LogP contribution in [0.1, 0.15) is 18.5 Å². The molecular formula is C21H21N5O2. The molecule has 4 heterocycles. The number of oxazole rings is 1. The van der Waals surface area contributed by atoms with Crippen molar-refractivity contribution in [3.05, 3.63) is 60.6 Å². The van der Waals surface area contributed by atoms with Crippen molar-refractivity contribution in [1.29, 1.82) is 0 Å². The minimum Gasteiger partial charge on any atom is -0.423 e. The van der Waals surface area contributed by atoms with Gasteiger partial charge in [0, 0.05) is 31.4 Å². The van der Waals surface area contributed by atoms with Gasteiger partial charge in [0.15, 0.2) is 5.58 Å². The maximum Gasteiger partial charge on any atom is 0.298 e. The van der Waals surface area contributed by atoms with Crippen LogP contribution >= 0.6 is 0 Å². The lowest BCUT2D eigenvalue weighted by atomic mass is 9.96. The molecule has 1 aromatic carbocycles. The Labute approximate surface area is 162 Å². The number of imidazole rings is 1. The van der Waals surface area contributed by atoms with Crippen molar-refractivity contribution in [1.82, 2.24) is 19.7 Å². The molecule has 5 rings (SSSR count). The molecular weight excluding hydrogens is 354 g/mol. The van der Waals surface area contributed by atoms with Crippen LogP contribution in [0.25, 0.3) is 16.7 Å². The van der Waals surface area contributed by atoms with Gasteiger partial charge in [0.05, 0.1) is 12.2 Å². The molecule has 0 saturated carbocycles. The predicted octanol–water partition coefficient (Wildman–Crippen LogP) is 3.01. The molecule has 7 heteroatoms. The number of amides is 1. The van der Waals surface area contributed by atoms with Crippen LogP contribution in [0.5, 0.6) is 0 Å². The Kier molecular flexibility index (Phi) is 4.20. The summed E-state index contributed by atoms with van der Waals surface area (Å²) in [6, 6.07) is 14.3. The molecule has 0 spiro atoms. The quantitative estimate of drug-likeness (QED) is 0.593. The largest absolute Gasteiger partial charge is 0.423 e. The molecule has 0 atom stereocenters. The topological polar surface area (TPSA) is 75.7 Å². The highest BCUT2D eigenvalue weighted by Crippen LogP contribution is 2.26. The molecule has 0 radical (unpaired) electrons. The summed E-state index contributed by atoms with van der Waals surface area (Å²) in [4.78, 5) is 23.8. The number of rotatable bonds is 4. The van der Waals surface area contributed by atoms with Gasteiger partial charge in [-0.15, -0.1) is 0 Å². The van der Waals surface area contributed by atoms with Crippen LogP contribution in [0.4, 0.5) is 6.01 Å². The second kappa shape index (κ2) is 6.99. The van der Waals surface area contributed by atoms with Crippen molar-refractivity contribution in [2.24, 2.45) is 5.92 Å². The van der Waals surface area contributed by atoms with Crippen LogP contribution in [0, 0.1) is 5.92 Å². The molecule has 1 aliphatic rings. The third-order valence-electron chi connectivity index (χ3n) is 5.28. The zero-order valence-electron chi connectivity index (χ0n) is 15.4. The number of hydrogen-bond donors (Lipinski definition) is 1. The van der Waals surface area contributed by atoms with Crippen molar-refractivity contribution in [3.8, 4) is 0 Å². The van der Waals surface area contributed by atoms with Gasteiger partial charge in [-0.25, -0.2) is 4.98 Å². The summed E-state index contributed by atoms with van der Waals surface area (Å²) < 4.78 is 7.80. The van der Waals surface area contributed by atoms with Gasteiger partial charge in [0.1, 0.15) is 11.2 Å². The molecule has 1 aliphatic heterocycles. The lowest BCUT2D eigenvalue weighted by molar-refractivity contribution is -0.125.